The third-order valence-electron chi connectivity index (χ3n) is 4.88. The minimum absolute atomic E-state index is 0.127. The molecule has 1 N–H and O–H groups in total. The van der Waals surface area contributed by atoms with E-state index < -0.39 is 0 Å². The van der Waals surface area contributed by atoms with Crippen LogP contribution in [-0.4, -0.2) is 36.9 Å². The second-order valence-electron chi connectivity index (χ2n) is 6.48. The molecular formula is C17H16FN5O. The molecule has 1 saturated carbocycles. The first-order chi connectivity index (χ1) is 11.7. The van der Waals surface area contributed by atoms with Gasteiger partial charge in [0.1, 0.15) is 17.4 Å². The molecule has 3 aromatic rings. The molecule has 122 valence electrons. The first-order valence-corrected chi connectivity index (χ1v) is 8.19. The lowest BCUT2D eigenvalue weighted by Crippen LogP contribution is -2.41. The maximum Gasteiger partial charge on any atom is 0.226 e. The average Bonchev–Trinajstić information content (AvgIpc) is 3.16. The fraction of sp³-hybridized carbons (Fsp3) is 0.353. The monoisotopic (exact) mass is 325 g/mol. The van der Waals surface area contributed by atoms with E-state index >= 15 is 0 Å². The van der Waals surface area contributed by atoms with Crippen molar-refractivity contribution in [3.8, 4) is 0 Å². The topological polar surface area (TPSA) is 66.3 Å². The Morgan fingerprint density at radius 2 is 2.25 bits per heavy atom. The molecule has 1 aliphatic heterocycles. The fourth-order valence-electron chi connectivity index (χ4n) is 3.51. The first-order valence-electron chi connectivity index (χ1n) is 8.19. The molecule has 7 heteroatoms. The van der Waals surface area contributed by atoms with Gasteiger partial charge >= 0.3 is 0 Å². The zero-order valence-electron chi connectivity index (χ0n) is 12.9. The minimum atomic E-state index is -0.354. The lowest BCUT2D eigenvalue weighted by molar-refractivity contribution is -0.134. The van der Waals surface area contributed by atoms with Crippen LogP contribution in [-0.2, 0) is 11.2 Å². The Morgan fingerprint density at radius 1 is 1.38 bits per heavy atom. The molecule has 0 spiro atoms. The van der Waals surface area contributed by atoms with Gasteiger partial charge in [-0.2, -0.15) is 5.10 Å². The quantitative estimate of drug-likeness (QED) is 0.784. The highest BCUT2D eigenvalue weighted by Gasteiger charge is 2.41. The van der Waals surface area contributed by atoms with Gasteiger partial charge in [0.15, 0.2) is 0 Å². The zero-order chi connectivity index (χ0) is 16.3. The second kappa shape index (κ2) is 4.90. The molecular weight excluding hydrogens is 309 g/mol. The summed E-state index contributed by atoms with van der Waals surface area (Å²) < 4.78 is 15.6. The first kappa shape index (κ1) is 13.7. The molecule has 24 heavy (non-hydrogen) atoms. The number of imidazole rings is 1. The van der Waals surface area contributed by atoms with E-state index in [0.29, 0.717) is 17.8 Å². The van der Waals surface area contributed by atoms with Gasteiger partial charge in [0.25, 0.3) is 0 Å². The SMILES string of the molecule is O=C(C1CC1)N1CCc2[nH]cnc2C1c1cc2c(F)cccn2n1. The van der Waals surface area contributed by atoms with Crippen molar-refractivity contribution in [3.63, 3.8) is 0 Å². The van der Waals surface area contributed by atoms with E-state index in [0.717, 1.165) is 30.7 Å². The summed E-state index contributed by atoms with van der Waals surface area (Å²) in [7, 11) is 0. The molecule has 6 nitrogen and oxygen atoms in total. The van der Waals surface area contributed by atoms with Gasteiger partial charge in [-0.1, -0.05) is 0 Å². The highest BCUT2D eigenvalue weighted by molar-refractivity contribution is 5.82. The van der Waals surface area contributed by atoms with Crippen LogP contribution in [0, 0.1) is 11.7 Å². The Labute approximate surface area is 137 Å². The van der Waals surface area contributed by atoms with Crippen LogP contribution in [0.25, 0.3) is 5.52 Å². The number of hydrogen-bond donors (Lipinski definition) is 1. The number of H-pyrrole nitrogens is 1. The standard InChI is InChI=1S/C17H16FN5O/c18-11-2-1-6-23-14(11)8-13(21-23)16-15-12(19-9-20-15)5-7-22(16)17(24)10-3-4-10/h1-2,6,8-10,16H,3-5,7H2,(H,19,20). The van der Waals surface area contributed by atoms with Crippen molar-refractivity contribution in [2.75, 3.05) is 6.54 Å². The summed E-state index contributed by atoms with van der Waals surface area (Å²) in [4.78, 5) is 22.2. The zero-order valence-corrected chi connectivity index (χ0v) is 12.9. The number of hydrogen-bond acceptors (Lipinski definition) is 3. The number of pyridine rings is 1. The van der Waals surface area contributed by atoms with Crippen molar-refractivity contribution in [2.24, 2.45) is 5.92 Å². The molecule has 0 saturated heterocycles. The Hall–Kier alpha value is -2.70. The summed E-state index contributed by atoms with van der Waals surface area (Å²) in [6.07, 6.45) is 6.03. The Balaban J connectivity index is 1.65. The molecule has 4 heterocycles. The van der Waals surface area contributed by atoms with Gasteiger partial charge in [-0.25, -0.2) is 13.9 Å². The summed E-state index contributed by atoms with van der Waals surface area (Å²) in [6.45, 7) is 0.631. The van der Waals surface area contributed by atoms with E-state index in [1.54, 1.807) is 24.7 Å². The van der Waals surface area contributed by atoms with Crippen LogP contribution in [0.1, 0.15) is 36.0 Å². The van der Waals surface area contributed by atoms with Crippen molar-refractivity contribution in [1.82, 2.24) is 24.5 Å². The molecule has 1 unspecified atom stereocenters. The molecule has 5 rings (SSSR count). The van der Waals surface area contributed by atoms with E-state index in [1.807, 2.05) is 4.90 Å². The lowest BCUT2D eigenvalue weighted by atomic mass is 9.99. The Bertz CT molecular complexity index is 942. The van der Waals surface area contributed by atoms with E-state index in [2.05, 4.69) is 15.1 Å². The smallest absolute Gasteiger partial charge is 0.226 e. The van der Waals surface area contributed by atoms with Crippen molar-refractivity contribution in [1.29, 1.82) is 0 Å². The number of amides is 1. The van der Waals surface area contributed by atoms with Crippen LogP contribution in [0.2, 0.25) is 0 Å². The van der Waals surface area contributed by atoms with Gasteiger partial charge in [0, 0.05) is 30.8 Å². The lowest BCUT2D eigenvalue weighted by Gasteiger charge is -2.34. The van der Waals surface area contributed by atoms with Crippen LogP contribution in [0.5, 0.6) is 0 Å². The molecule has 1 atom stereocenters. The van der Waals surface area contributed by atoms with Crippen molar-refractivity contribution in [2.45, 2.75) is 25.3 Å². The van der Waals surface area contributed by atoms with E-state index in [9.17, 15) is 9.18 Å². The molecule has 1 fully saturated rings. The van der Waals surface area contributed by atoms with E-state index in [-0.39, 0.29) is 23.7 Å². The van der Waals surface area contributed by atoms with Crippen molar-refractivity contribution < 1.29 is 9.18 Å². The second-order valence-corrected chi connectivity index (χ2v) is 6.48. The van der Waals surface area contributed by atoms with Crippen LogP contribution in [0.15, 0.2) is 30.7 Å². The molecule has 0 radical (unpaired) electrons. The van der Waals surface area contributed by atoms with Gasteiger partial charge in [0.2, 0.25) is 5.91 Å². The predicted octanol–water partition coefficient (Wildman–Crippen LogP) is 2.08. The Kier molecular flexibility index (Phi) is 2.80. The van der Waals surface area contributed by atoms with Crippen LogP contribution in [0.3, 0.4) is 0 Å². The summed E-state index contributed by atoms with van der Waals surface area (Å²) in [5, 5.41) is 4.52. The molecule has 1 aliphatic carbocycles. The molecule has 2 aliphatic rings. The summed E-state index contributed by atoms with van der Waals surface area (Å²) in [6, 6.07) is 4.39. The minimum Gasteiger partial charge on any atom is -0.348 e. The number of aromatic nitrogens is 4. The van der Waals surface area contributed by atoms with Gasteiger partial charge < -0.3 is 9.88 Å². The molecule has 0 bridgehead atoms. The number of halogens is 1. The van der Waals surface area contributed by atoms with Crippen LogP contribution >= 0.6 is 0 Å². The maximum atomic E-state index is 14.0. The number of fused-ring (bicyclic) bond motifs is 2. The summed E-state index contributed by atoms with van der Waals surface area (Å²) in [5.41, 5.74) is 2.91. The largest absolute Gasteiger partial charge is 0.348 e. The number of nitrogens with one attached hydrogen (secondary N) is 1. The fourth-order valence-corrected chi connectivity index (χ4v) is 3.51. The van der Waals surface area contributed by atoms with Crippen LogP contribution in [0.4, 0.5) is 4.39 Å². The average molecular weight is 325 g/mol. The van der Waals surface area contributed by atoms with Gasteiger partial charge in [-0.3, -0.25) is 4.79 Å². The third kappa shape index (κ3) is 1.97. The molecule has 1 amide bonds. The van der Waals surface area contributed by atoms with Gasteiger partial charge in [-0.05, 0) is 31.0 Å². The predicted molar refractivity (Wildman–Crippen MR) is 83.7 cm³/mol. The maximum absolute atomic E-state index is 14.0. The summed E-state index contributed by atoms with van der Waals surface area (Å²) in [5.74, 6) is -0.0395. The normalized spacial score (nSPS) is 20.4. The number of nitrogens with zero attached hydrogens (tertiary/aromatic N) is 4. The number of carbonyl (C=O) groups is 1. The highest BCUT2D eigenvalue weighted by atomic mass is 19.1. The number of carbonyl (C=O) groups excluding carboxylic acids is 1. The third-order valence-corrected chi connectivity index (χ3v) is 4.88. The van der Waals surface area contributed by atoms with Gasteiger partial charge in [-0.15, -0.1) is 0 Å². The van der Waals surface area contributed by atoms with E-state index in [1.165, 1.54) is 10.6 Å². The van der Waals surface area contributed by atoms with Crippen molar-refractivity contribution in [3.05, 3.63) is 53.6 Å². The van der Waals surface area contributed by atoms with Crippen LogP contribution < -0.4 is 0 Å². The highest BCUT2D eigenvalue weighted by Crippen LogP contribution is 2.38. The molecule has 0 aromatic carbocycles. The van der Waals surface area contributed by atoms with Gasteiger partial charge in [0.05, 0.1) is 17.7 Å². The van der Waals surface area contributed by atoms with E-state index in [4.69, 9.17) is 0 Å². The number of rotatable bonds is 2. The summed E-state index contributed by atoms with van der Waals surface area (Å²) >= 11 is 0. The van der Waals surface area contributed by atoms with Crippen molar-refractivity contribution >= 4 is 11.4 Å². The Morgan fingerprint density at radius 3 is 3.04 bits per heavy atom. The molecule has 3 aromatic heterocycles. The number of aromatic amines is 1.